The third kappa shape index (κ3) is 3.54. The van der Waals surface area contributed by atoms with Crippen molar-refractivity contribution in [2.24, 2.45) is 0 Å². The predicted octanol–water partition coefficient (Wildman–Crippen LogP) is 3.99. The summed E-state index contributed by atoms with van der Waals surface area (Å²) in [7, 11) is -3.35. The average molecular weight is 372 g/mol. The number of carbonyl (C=O) groups is 1. The molecule has 138 valence electrons. The Balaban J connectivity index is 2.00. The highest BCUT2D eigenvalue weighted by Crippen LogP contribution is 2.35. The van der Waals surface area contributed by atoms with Gasteiger partial charge >= 0.3 is 0 Å². The second kappa shape index (κ2) is 6.88. The molecular formula is C21H25NO3S. The van der Waals surface area contributed by atoms with Crippen LogP contribution in [0.25, 0.3) is 0 Å². The molecule has 0 N–H and O–H groups in total. The van der Waals surface area contributed by atoms with Gasteiger partial charge in [-0.2, -0.15) is 0 Å². The van der Waals surface area contributed by atoms with Crippen LogP contribution in [0.5, 0.6) is 0 Å². The van der Waals surface area contributed by atoms with Gasteiger partial charge in [0.05, 0.1) is 10.9 Å². The number of sulfone groups is 1. The molecule has 0 radical (unpaired) electrons. The largest absolute Gasteiger partial charge is 0.332 e. The molecule has 5 heteroatoms. The van der Waals surface area contributed by atoms with E-state index in [-0.39, 0.29) is 16.8 Å². The maximum atomic E-state index is 13.3. The molecule has 1 atom stereocenters. The highest BCUT2D eigenvalue weighted by molar-refractivity contribution is 7.90. The van der Waals surface area contributed by atoms with Gasteiger partial charge < -0.3 is 4.90 Å². The Labute approximate surface area is 155 Å². The van der Waals surface area contributed by atoms with E-state index in [9.17, 15) is 13.2 Å². The number of hydrogen-bond acceptors (Lipinski definition) is 3. The van der Waals surface area contributed by atoms with Crippen molar-refractivity contribution in [3.05, 3.63) is 64.2 Å². The lowest BCUT2D eigenvalue weighted by Crippen LogP contribution is -2.31. The first kappa shape index (κ1) is 18.6. The lowest BCUT2D eigenvalue weighted by molar-refractivity contribution is 0.0734. The summed E-state index contributed by atoms with van der Waals surface area (Å²) < 4.78 is 23.8. The fourth-order valence-corrected chi connectivity index (χ4v) is 4.32. The van der Waals surface area contributed by atoms with E-state index in [1.54, 1.807) is 12.1 Å². The molecule has 1 unspecified atom stereocenters. The quantitative estimate of drug-likeness (QED) is 0.820. The Morgan fingerprint density at radius 2 is 1.73 bits per heavy atom. The van der Waals surface area contributed by atoms with Crippen LogP contribution in [0.2, 0.25) is 0 Å². The molecule has 1 heterocycles. The second-order valence-corrected chi connectivity index (χ2v) is 9.28. The van der Waals surface area contributed by atoms with Gasteiger partial charge in [0.2, 0.25) is 0 Å². The molecule has 4 nitrogen and oxygen atoms in total. The molecule has 0 saturated carbocycles. The van der Waals surface area contributed by atoms with E-state index in [4.69, 9.17) is 0 Å². The monoisotopic (exact) mass is 371 g/mol. The van der Waals surface area contributed by atoms with Crippen molar-refractivity contribution in [1.29, 1.82) is 0 Å². The zero-order chi connectivity index (χ0) is 19.1. The van der Waals surface area contributed by atoms with E-state index >= 15 is 0 Å². The van der Waals surface area contributed by atoms with Gasteiger partial charge in [0, 0.05) is 18.4 Å². The van der Waals surface area contributed by atoms with Gasteiger partial charge in [0.25, 0.3) is 5.91 Å². The Morgan fingerprint density at radius 1 is 1.04 bits per heavy atom. The Morgan fingerprint density at radius 3 is 2.42 bits per heavy atom. The SMILES string of the molecule is Cc1ccc(C)c(C2CCCN2C(=O)c2cc(S(C)(=O)=O)ccc2C)c1. The summed E-state index contributed by atoms with van der Waals surface area (Å²) in [6.07, 6.45) is 3.05. The zero-order valence-corrected chi connectivity index (χ0v) is 16.6. The maximum absolute atomic E-state index is 13.3. The van der Waals surface area contributed by atoms with E-state index in [0.29, 0.717) is 12.1 Å². The zero-order valence-electron chi connectivity index (χ0n) is 15.7. The number of carbonyl (C=O) groups excluding carboxylic acids is 1. The molecule has 1 aliphatic rings. The molecule has 2 aromatic rings. The third-order valence-electron chi connectivity index (χ3n) is 5.17. The smallest absolute Gasteiger partial charge is 0.254 e. The minimum atomic E-state index is -3.35. The van der Waals surface area contributed by atoms with E-state index in [1.807, 2.05) is 11.8 Å². The highest BCUT2D eigenvalue weighted by atomic mass is 32.2. The topological polar surface area (TPSA) is 54.5 Å². The van der Waals surface area contributed by atoms with Gasteiger partial charge in [-0.1, -0.05) is 29.8 Å². The maximum Gasteiger partial charge on any atom is 0.254 e. The van der Waals surface area contributed by atoms with Crippen LogP contribution in [0.1, 0.15) is 51.5 Å². The molecule has 1 saturated heterocycles. The predicted molar refractivity (Wildman–Crippen MR) is 103 cm³/mol. The van der Waals surface area contributed by atoms with Crippen molar-refractivity contribution in [2.75, 3.05) is 12.8 Å². The van der Waals surface area contributed by atoms with Gasteiger partial charge in [-0.25, -0.2) is 8.42 Å². The summed E-state index contributed by atoms with van der Waals surface area (Å²) in [4.78, 5) is 15.3. The van der Waals surface area contributed by atoms with E-state index < -0.39 is 9.84 Å². The molecular weight excluding hydrogens is 346 g/mol. The van der Waals surface area contributed by atoms with Crippen molar-refractivity contribution >= 4 is 15.7 Å². The highest BCUT2D eigenvalue weighted by Gasteiger charge is 2.32. The Bertz CT molecular complexity index is 963. The van der Waals surface area contributed by atoms with Crippen LogP contribution in [-0.2, 0) is 9.84 Å². The number of benzene rings is 2. The summed E-state index contributed by atoms with van der Waals surface area (Å²) in [5, 5.41) is 0. The standard InChI is InChI=1S/C21H25NO3S/c1-14-7-8-15(2)18(12-14)20-6-5-11-22(20)21(23)19-13-17(26(4,24)25)10-9-16(19)3/h7-10,12-13,20H,5-6,11H2,1-4H3. The lowest BCUT2D eigenvalue weighted by Gasteiger charge is -2.27. The van der Waals surface area contributed by atoms with Crippen LogP contribution in [0.3, 0.4) is 0 Å². The first-order valence-electron chi connectivity index (χ1n) is 8.87. The van der Waals surface area contributed by atoms with Crippen LogP contribution in [0.15, 0.2) is 41.3 Å². The third-order valence-corrected chi connectivity index (χ3v) is 6.29. The Kier molecular flexibility index (Phi) is 4.93. The number of amides is 1. The molecule has 1 fully saturated rings. The summed E-state index contributed by atoms with van der Waals surface area (Å²) in [6.45, 7) is 6.68. The van der Waals surface area contributed by atoms with Gasteiger partial charge in [0.1, 0.15) is 0 Å². The molecule has 0 spiro atoms. The first-order valence-corrected chi connectivity index (χ1v) is 10.8. The molecule has 26 heavy (non-hydrogen) atoms. The van der Waals surface area contributed by atoms with Crippen molar-refractivity contribution in [3.8, 4) is 0 Å². The van der Waals surface area contributed by atoms with Crippen LogP contribution in [0.4, 0.5) is 0 Å². The fourth-order valence-electron chi connectivity index (χ4n) is 3.67. The van der Waals surface area contributed by atoms with Gasteiger partial charge in [-0.05, 0) is 62.4 Å². The first-order chi connectivity index (χ1) is 12.2. The molecule has 0 aromatic heterocycles. The van der Waals surface area contributed by atoms with Crippen molar-refractivity contribution in [3.63, 3.8) is 0 Å². The van der Waals surface area contributed by atoms with Gasteiger partial charge in [-0.15, -0.1) is 0 Å². The van der Waals surface area contributed by atoms with E-state index in [1.165, 1.54) is 29.0 Å². The molecule has 0 aliphatic carbocycles. The number of hydrogen-bond donors (Lipinski definition) is 0. The molecule has 2 aromatic carbocycles. The number of aryl methyl sites for hydroxylation is 3. The molecule has 3 rings (SSSR count). The van der Waals surface area contributed by atoms with Crippen molar-refractivity contribution in [2.45, 2.75) is 44.6 Å². The summed E-state index contributed by atoms with van der Waals surface area (Å²) >= 11 is 0. The van der Waals surface area contributed by atoms with Crippen LogP contribution >= 0.6 is 0 Å². The average Bonchev–Trinajstić information content (AvgIpc) is 3.05. The molecule has 1 amide bonds. The second-order valence-electron chi connectivity index (χ2n) is 7.27. The molecule has 1 aliphatic heterocycles. The van der Waals surface area contributed by atoms with Crippen LogP contribution in [0, 0.1) is 20.8 Å². The lowest BCUT2D eigenvalue weighted by atomic mass is 9.96. The van der Waals surface area contributed by atoms with E-state index in [0.717, 1.165) is 18.4 Å². The van der Waals surface area contributed by atoms with Crippen LogP contribution < -0.4 is 0 Å². The Hall–Kier alpha value is -2.14. The minimum Gasteiger partial charge on any atom is -0.332 e. The summed E-state index contributed by atoms with van der Waals surface area (Å²) in [5.41, 5.74) is 4.83. The summed E-state index contributed by atoms with van der Waals surface area (Å²) in [5.74, 6) is -0.0867. The molecule has 0 bridgehead atoms. The van der Waals surface area contributed by atoms with Crippen LogP contribution in [-0.4, -0.2) is 32.0 Å². The number of likely N-dealkylation sites (tertiary alicyclic amines) is 1. The normalized spacial score (nSPS) is 17.5. The van der Waals surface area contributed by atoms with Crippen molar-refractivity contribution < 1.29 is 13.2 Å². The van der Waals surface area contributed by atoms with Gasteiger partial charge in [0.15, 0.2) is 9.84 Å². The van der Waals surface area contributed by atoms with Gasteiger partial charge in [-0.3, -0.25) is 4.79 Å². The number of nitrogens with zero attached hydrogens (tertiary/aromatic N) is 1. The minimum absolute atomic E-state index is 0.0451. The number of rotatable bonds is 3. The summed E-state index contributed by atoms with van der Waals surface area (Å²) in [6, 6.07) is 11.2. The van der Waals surface area contributed by atoms with Crippen molar-refractivity contribution in [1.82, 2.24) is 4.90 Å². The van der Waals surface area contributed by atoms with E-state index in [2.05, 4.69) is 32.0 Å². The fraction of sp³-hybridized carbons (Fsp3) is 0.381.